The maximum absolute atomic E-state index is 6.47. The second-order valence-corrected chi connectivity index (χ2v) is 8.98. The van der Waals surface area contributed by atoms with Gasteiger partial charge in [-0.05, 0) is 58.3 Å². The average molecular weight is 418 g/mol. The van der Waals surface area contributed by atoms with Crippen molar-refractivity contribution in [2.45, 2.75) is 26.7 Å². The van der Waals surface area contributed by atoms with Crippen molar-refractivity contribution in [3.05, 3.63) is 84.2 Å². The third-order valence-electron chi connectivity index (χ3n) is 6.73. The monoisotopic (exact) mass is 417 g/mol. The first-order valence-electron chi connectivity index (χ1n) is 11.2. The van der Waals surface area contributed by atoms with Gasteiger partial charge in [0.25, 0.3) is 0 Å². The van der Waals surface area contributed by atoms with Crippen LogP contribution in [0.5, 0.6) is 0 Å². The van der Waals surface area contributed by atoms with E-state index in [4.69, 9.17) is 4.42 Å². The lowest BCUT2D eigenvalue weighted by atomic mass is 9.91. The Hall–Kier alpha value is -3.72. The van der Waals surface area contributed by atoms with Crippen molar-refractivity contribution in [3.8, 4) is 11.3 Å². The molecule has 0 spiro atoms. The highest BCUT2D eigenvalue weighted by atomic mass is 16.3. The summed E-state index contributed by atoms with van der Waals surface area (Å²) in [5, 5.41) is 7.13. The maximum atomic E-state index is 6.47. The molecule has 0 bridgehead atoms. The van der Waals surface area contributed by atoms with Gasteiger partial charge in [0.15, 0.2) is 11.8 Å². The summed E-state index contributed by atoms with van der Waals surface area (Å²) in [5.74, 6) is 0.493. The van der Waals surface area contributed by atoms with E-state index < -0.39 is 0 Å². The van der Waals surface area contributed by atoms with Crippen LogP contribution in [0.3, 0.4) is 0 Å². The lowest BCUT2D eigenvalue weighted by Crippen LogP contribution is -2.30. The molecule has 3 heteroatoms. The van der Waals surface area contributed by atoms with Crippen LogP contribution in [0.15, 0.2) is 77.5 Å². The number of furan rings is 1. The fourth-order valence-electron chi connectivity index (χ4n) is 5.06. The average Bonchev–Trinajstić information content (AvgIpc) is 3.19. The zero-order valence-corrected chi connectivity index (χ0v) is 18.8. The van der Waals surface area contributed by atoms with Gasteiger partial charge in [-0.1, -0.05) is 50.2 Å². The van der Waals surface area contributed by atoms with Gasteiger partial charge in [-0.25, -0.2) is 9.55 Å². The Bertz CT molecular complexity index is 1670. The summed E-state index contributed by atoms with van der Waals surface area (Å²) in [4.78, 5) is 4.53. The quantitative estimate of drug-likeness (QED) is 0.279. The van der Waals surface area contributed by atoms with E-state index in [-0.39, 0.29) is 0 Å². The molecule has 3 aromatic heterocycles. The van der Waals surface area contributed by atoms with Gasteiger partial charge in [-0.3, -0.25) is 0 Å². The minimum atomic E-state index is 0.493. The highest BCUT2D eigenvalue weighted by Crippen LogP contribution is 2.43. The van der Waals surface area contributed by atoms with Crippen LogP contribution in [0.4, 0.5) is 0 Å². The van der Waals surface area contributed by atoms with Crippen molar-refractivity contribution < 1.29 is 8.98 Å². The highest BCUT2D eigenvalue weighted by Gasteiger charge is 2.26. The number of benzene rings is 3. The number of rotatable bonds is 2. The van der Waals surface area contributed by atoms with Gasteiger partial charge in [0.2, 0.25) is 11.4 Å². The molecule has 6 aromatic rings. The van der Waals surface area contributed by atoms with Crippen molar-refractivity contribution in [1.82, 2.24) is 4.98 Å². The highest BCUT2D eigenvalue weighted by molar-refractivity contribution is 6.23. The molecule has 6 rings (SSSR count). The van der Waals surface area contributed by atoms with Crippen molar-refractivity contribution in [2.75, 3.05) is 0 Å². The van der Waals surface area contributed by atoms with Gasteiger partial charge in [-0.15, -0.1) is 0 Å². The molecule has 0 aliphatic rings. The predicted molar refractivity (Wildman–Crippen MR) is 132 cm³/mol. The normalized spacial score (nSPS) is 12.0. The Morgan fingerprint density at radius 3 is 2.47 bits per heavy atom. The summed E-state index contributed by atoms with van der Waals surface area (Å²) in [7, 11) is 2.12. The second kappa shape index (κ2) is 6.89. The van der Waals surface area contributed by atoms with Crippen LogP contribution in [0.2, 0.25) is 0 Å². The van der Waals surface area contributed by atoms with Crippen molar-refractivity contribution >= 4 is 43.6 Å². The minimum absolute atomic E-state index is 0.493. The van der Waals surface area contributed by atoms with Gasteiger partial charge >= 0.3 is 0 Å². The lowest BCUT2D eigenvalue weighted by Gasteiger charge is -2.13. The van der Waals surface area contributed by atoms with Gasteiger partial charge in [0, 0.05) is 23.0 Å². The topological polar surface area (TPSA) is 29.9 Å². The van der Waals surface area contributed by atoms with Crippen LogP contribution in [-0.4, -0.2) is 4.98 Å². The Balaban J connectivity index is 1.84. The molecular weight excluding hydrogens is 392 g/mol. The van der Waals surface area contributed by atoms with Crippen molar-refractivity contribution in [3.63, 3.8) is 0 Å². The Kier molecular flexibility index (Phi) is 4.09. The zero-order valence-electron chi connectivity index (χ0n) is 18.8. The van der Waals surface area contributed by atoms with Crippen molar-refractivity contribution in [2.24, 2.45) is 7.05 Å². The van der Waals surface area contributed by atoms with Crippen LogP contribution in [0.1, 0.15) is 30.9 Å². The number of aryl methyl sites for hydroxylation is 2. The zero-order chi connectivity index (χ0) is 22.0. The largest absolute Gasteiger partial charge is 0.437 e. The Morgan fingerprint density at radius 2 is 1.66 bits per heavy atom. The van der Waals surface area contributed by atoms with Gasteiger partial charge in [-0.2, -0.15) is 0 Å². The molecular formula is C29H25N2O+. The molecule has 3 heterocycles. The van der Waals surface area contributed by atoms with E-state index in [0.717, 1.165) is 21.9 Å². The molecule has 0 N–H and O–H groups in total. The van der Waals surface area contributed by atoms with Crippen molar-refractivity contribution in [1.29, 1.82) is 0 Å². The first-order valence-corrected chi connectivity index (χ1v) is 11.2. The first-order chi connectivity index (χ1) is 15.5. The molecule has 0 saturated carbocycles. The Morgan fingerprint density at radius 1 is 0.875 bits per heavy atom. The summed E-state index contributed by atoms with van der Waals surface area (Å²) >= 11 is 0. The first kappa shape index (κ1) is 19.0. The van der Waals surface area contributed by atoms with E-state index >= 15 is 0 Å². The van der Waals surface area contributed by atoms with Gasteiger partial charge in [0.05, 0.1) is 10.9 Å². The van der Waals surface area contributed by atoms with Crippen LogP contribution < -0.4 is 4.57 Å². The molecule has 0 unspecified atom stereocenters. The smallest absolute Gasteiger partial charge is 0.227 e. The van der Waals surface area contributed by atoms with E-state index in [1.807, 2.05) is 6.07 Å². The van der Waals surface area contributed by atoms with Crippen LogP contribution in [0.25, 0.3) is 54.9 Å². The minimum Gasteiger partial charge on any atom is -0.437 e. The molecule has 0 aliphatic carbocycles. The number of fused-ring (bicyclic) bond motifs is 6. The summed E-state index contributed by atoms with van der Waals surface area (Å²) < 4.78 is 8.69. The molecule has 32 heavy (non-hydrogen) atoms. The number of hydrogen-bond donors (Lipinski definition) is 0. The van der Waals surface area contributed by atoms with Crippen LogP contribution in [0, 0.1) is 6.92 Å². The summed E-state index contributed by atoms with van der Waals surface area (Å²) in [6.07, 6.45) is 3.95. The molecule has 0 aliphatic heterocycles. The maximum Gasteiger partial charge on any atom is 0.227 e. The van der Waals surface area contributed by atoms with Crippen LogP contribution in [-0.2, 0) is 7.05 Å². The van der Waals surface area contributed by atoms with Gasteiger partial charge < -0.3 is 4.42 Å². The van der Waals surface area contributed by atoms with E-state index in [9.17, 15) is 0 Å². The molecule has 156 valence electrons. The molecule has 0 atom stereocenters. The lowest BCUT2D eigenvalue weighted by molar-refractivity contribution is -0.659. The second-order valence-electron chi connectivity index (χ2n) is 8.98. The molecule has 3 nitrogen and oxygen atoms in total. The molecule has 3 aromatic carbocycles. The SMILES string of the molecule is Cc1c(-c2c3ccc(C(C)C)cc3cc[n+]2C)c2oc3ncccc3c2c2ccccc12. The van der Waals surface area contributed by atoms with Gasteiger partial charge in [0.1, 0.15) is 7.05 Å². The van der Waals surface area contributed by atoms with E-state index in [0.29, 0.717) is 11.6 Å². The molecule has 0 saturated heterocycles. The van der Waals surface area contributed by atoms with E-state index in [1.54, 1.807) is 6.20 Å². The third-order valence-corrected chi connectivity index (χ3v) is 6.73. The summed E-state index contributed by atoms with van der Waals surface area (Å²) in [6.45, 7) is 6.69. The summed E-state index contributed by atoms with van der Waals surface area (Å²) in [6, 6.07) is 21.8. The predicted octanol–water partition coefficient (Wildman–Crippen LogP) is 7.21. The van der Waals surface area contributed by atoms with Crippen LogP contribution >= 0.6 is 0 Å². The molecule has 0 fully saturated rings. The fourth-order valence-corrected chi connectivity index (χ4v) is 5.06. The fraction of sp³-hybridized carbons (Fsp3) is 0.172. The van der Waals surface area contributed by atoms with E-state index in [1.165, 1.54) is 38.4 Å². The Labute approximate surface area is 186 Å². The molecule has 0 radical (unpaired) electrons. The summed E-state index contributed by atoms with van der Waals surface area (Å²) in [5.41, 5.74) is 6.48. The molecule has 0 amide bonds. The number of pyridine rings is 2. The number of hydrogen-bond acceptors (Lipinski definition) is 2. The third kappa shape index (κ3) is 2.61. The number of aromatic nitrogens is 2. The standard InChI is InChI=1S/C29H25N2O/c1-17(2)19-11-12-22-20(16-19)13-15-31(4)27(22)25-18(3)21-8-5-6-9-23(21)26-24-10-7-14-30-29(24)32-28(25)26/h5-17H,1-4H3/q+1. The number of nitrogens with zero attached hydrogens (tertiary/aromatic N) is 2. The van der Waals surface area contributed by atoms with E-state index in [2.05, 4.69) is 98.2 Å².